The number of aromatic amines is 1. The molecule has 21 heavy (non-hydrogen) atoms. The summed E-state index contributed by atoms with van der Waals surface area (Å²) in [6.45, 7) is 0. The summed E-state index contributed by atoms with van der Waals surface area (Å²) < 4.78 is 27.4. The van der Waals surface area contributed by atoms with Crippen LogP contribution in [0.4, 0.5) is 11.4 Å². The topological polar surface area (TPSA) is 88.0 Å². The molecule has 1 aromatic heterocycles. The number of sulfonamides is 1. The van der Waals surface area contributed by atoms with E-state index < -0.39 is 10.0 Å². The normalized spacial score (nSPS) is 11.7. The van der Waals surface area contributed by atoms with E-state index in [2.05, 4.69) is 9.71 Å². The predicted octanol–water partition coefficient (Wildman–Crippen LogP) is 3.20. The third-order valence-corrected chi connectivity index (χ3v) is 4.69. The molecular formula is C14H12ClN3O2S. The molecule has 0 aliphatic rings. The molecule has 0 radical (unpaired) electrons. The Morgan fingerprint density at radius 3 is 2.71 bits per heavy atom. The van der Waals surface area contributed by atoms with Crippen LogP contribution in [-0.2, 0) is 10.0 Å². The fraction of sp³-hybridized carbons (Fsp3) is 0. The molecule has 0 atom stereocenters. The van der Waals surface area contributed by atoms with Gasteiger partial charge in [-0.1, -0.05) is 17.7 Å². The van der Waals surface area contributed by atoms with Crippen molar-refractivity contribution in [2.75, 3.05) is 10.5 Å². The van der Waals surface area contributed by atoms with E-state index in [9.17, 15) is 8.42 Å². The maximum atomic E-state index is 12.5. The van der Waals surface area contributed by atoms with Crippen LogP contribution in [0.1, 0.15) is 0 Å². The summed E-state index contributed by atoms with van der Waals surface area (Å²) >= 11 is 5.86. The van der Waals surface area contributed by atoms with E-state index in [1.807, 2.05) is 0 Å². The van der Waals surface area contributed by atoms with Gasteiger partial charge < -0.3 is 10.7 Å². The zero-order chi connectivity index (χ0) is 15.0. The monoisotopic (exact) mass is 321 g/mol. The molecule has 0 amide bonds. The van der Waals surface area contributed by atoms with Gasteiger partial charge in [0, 0.05) is 27.8 Å². The van der Waals surface area contributed by atoms with Crippen LogP contribution in [0.25, 0.3) is 10.9 Å². The second-order valence-electron chi connectivity index (χ2n) is 4.57. The summed E-state index contributed by atoms with van der Waals surface area (Å²) in [6.07, 6.45) is 1.44. The number of fused-ring (bicyclic) bond motifs is 1. The third kappa shape index (κ3) is 2.68. The molecule has 0 spiro atoms. The summed E-state index contributed by atoms with van der Waals surface area (Å²) in [4.78, 5) is 3.07. The van der Waals surface area contributed by atoms with Crippen molar-refractivity contribution in [3.8, 4) is 0 Å². The van der Waals surface area contributed by atoms with E-state index in [0.717, 1.165) is 0 Å². The summed E-state index contributed by atoms with van der Waals surface area (Å²) in [6, 6.07) is 11.6. The molecule has 0 unspecified atom stereocenters. The van der Waals surface area contributed by atoms with E-state index in [1.165, 1.54) is 6.20 Å². The number of H-pyrrole nitrogens is 1. The number of nitrogen functional groups attached to an aromatic ring is 1. The number of nitrogens with two attached hydrogens (primary N) is 1. The van der Waals surface area contributed by atoms with Crippen molar-refractivity contribution < 1.29 is 8.42 Å². The van der Waals surface area contributed by atoms with Crippen LogP contribution < -0.4 is 10.5 Å². The average Bonchev–Trinajstić information content (AvgIpc) is 2.81. The largest absolute Gasteiger partial charge is 0.399 e. The molecule has 2 aromatic carbocycles. The maximum Gasteiger partial charge on any atom is 0.264 e. The van der Waals surface area contributed by atoms with Crippen LogP contribution in [0.3, 0.4) is 0 Å². The van der Waals surface area contributed by atoms with Crippen LogP contribution in [-0.4, -0.2) is 13.4 Å². The van der Waals surface area contributed by atoms with Crippen molar-refractivity contribution in [2.45, 2.75) is 4.90 Å². The SMILES string of the molecule is Nc1ccc2c(S(=O)(=O)Nc3cccc(Cl)c3)c[nH]c2c1. The number of nitrogens with one attached hydrogen (secondary N) is 2. The van der Waals surface area contributed by atoms with Gasteiger partial charge in [-0.25, -0.2) is 8.42 Å². The zero-order valence-electron chi connectivity index (χ0n) is 10.8. The van der Waals surface area contributed by atoms with Crippen LogP contribution >= 0.6 is 11.6 Å². The van der Waals surface area contributed by atoms with Crippen molar-refractivity contribution in [3.63, 3.8) is 0 Å². The highest BCUT2D eigenvalue weighted by Gasteiger charge is 2.19. The number of aromatic nitrogens is 1. The fourth-order valence-electron chi connectivity index (χ4n) is 2.10. The first-order valence-corrected chi connectivity index (χ1v) is 7.97. The molecule has 0 fully saturated rings. The quantitative estimate of drug-likeness (QED) is 0.647. The number of hydrogen-bond acceptors (Lipinski definition) is 3. The summed E-state index contributed by atoms with van der Waals surface area (Å²) in [5.41, 5.74) is 7.33. The summed E-state index contributed by atoms with van der Waals surface area (Å²) in [5, 5.41) is 1.04. The van der Waals surface area contributed by atoms with Crippen molar-refractivity contribution in [1.82, 2.24) is 4.98 Å². The lowest BCUT2D eigenvalue weighted by Crippen LogP contribution is -2.12. The van der Waals surface area contributed by atoms with Crippen molar-refractivity contribution in [3.05, 3.63) is 53.7 Å². The van der Waals surface area contributed by atoms with Crippen LogP contribution in [0.2, 0.25) is 5.02 Å². The number of rotatable bonds is 3. The first kappa shape index (κ1) is 13.8. The molecule has 0 aliphatic heterocycles. The van der Waals surface area contributed by atoms with Gasteiger partial charge in [0.1, 0.15) is 4.90 Å². The molecule has 3 rings (SSSR count). The Bertz CT molecular complexity index is 919. The first-order chi connectivity index (χ1) is 9.95. The molecular weight excluding hydrogens is 310 g/mol. The second-order valence-corrected chi connectivity index (χ2v) is 6.66. The van der Waals surface area contributed by atoms with Gasteiger partial charge in [0.25, 0.3) is 10.0 Å². The highest BCUT2D eigenvalue weighted by atomic mass is 35.5. The Morgan fingerprint density at radius 2 is 1.95 bits per heavy atom. The van der Waals surface area contributed by atoms with Gasteiger partial charge in [-0.05, 0) is 36.4 Å². The van der Waals surface area contributed by atoms with E-state index >= 15 is 0 Å². The number of benzene rings is 2. The smallest absolute Gasteiger partial charge is 0.264 e. The molecule has 0 saturated heterocycles. The van der Waals surface area contributed by atoms with Gasteiger partial charge in [0.15, 0.2) is 0 Å². The lowest BCUT2D eigenvalue weighted by molar-refractivity contribution is 0.602. The molecule has 7 heteroatoms. The highest BCUT2D eigenvalue weighted by Crippen LogP contribution is 2.26. The third-order valence-electron chi connectivity index (χ3n) is 3.03. The van der Waals surface area contributed by atoms with Gasteiger partial charge in [0.2, 0.25) is 0 Å². The Balaban J connectivity index is 2.04. The molecule has 4 N–H and O–H groups in total. The minimum absolute atomic E-state index is 0.164. The van der Waals surface area contributed by atoms with Crippen molar-refractivity contribution >= 4 is 43.9 Å². The maximum absolute atomic E-state index is 12.5. The van der Waals surface area contributed by atoms with Gasteiger partial charge in [0.05, 0.1) is 5.69 Å². The number of halogens is 1. The molecule has 3 aromatic rings. The fourth-order valence-corrected chi connectivity index (χ4v) is 3.52. The lowest BCUT2D eigenvalue weighted by Gasteiger charge is -2.07. The van der Waals surface area contributed by atoms with Crippen molar-refractivity contribution in [2.24, 2.45) is 0 Å². The highest BCUT2D eigenvalue weighted by molar-refractivity contribution is 7.93. The molecule has 1 heterocycles. The minimum Gasteiger partial charge on any atom is -0.399 e. The van der Waals surface area contributed by atoms with Gasteiger partial charge in [-0.2, -0.15) is 0 Å². The Hall–Kier alpha value is -2.18. The number of hydrogen-bond donors (Lipinski definition) is 3. The van der Waals surface area contributed by atoms with Crippen LogP contribution in [0.15, 0.2) is 53.6 Å². The summed E-state index contributed by atoms with van der Waals surface area (Å²) in [5.74, 6) is 0. The number of anilines is 2. The van der Waals surface area contributed by atoms with Gasteiger partial charge in [-0.3, -0.25) is 4.72 Å². The molecule has 108 valence electrons. The molecule has 5 nitrogen and oxygen atoms in total. The molecule has 0 aliphatic carbocycles. The Labute approximate surface area is 126 Å². The average molecular weight is 322 g/mol. The summed E-state index contributed by atoms with van der Waals surface area (Å²) in [7, 11) is -3.71. The minimum atomic E-state index is -3.71. The van der Waals surface area contributed by atoms with Gasteiger partial charge >= 0.3 is 0 Å². The standard InChI is InChI=1S/C14H12ClN3O2S/c15-9-2-1-3-11(6-9)18-21(19,20)14-8-17-13-7-10(16)4-5-12(13)14/h1-8,17-18H,16H2. The van der Waals surface area contributed by atoms with E-state index in [-0.39, 0.29) is 4.90 Å². The van der Waals surface area contributed by atoms with E-state index in [4.69, 9.17) is 17.3 Å². The van der Waals surface area contributed by atoms with Crippen LogP contribution in [0, 0.1) is 0 Å². The van der Waals surface area contributed by atoms with Gasteiger partial charge in [-0.15, -0.1) is 0 Å². The lowest BCUT2D eigenvalue weighted by atomic mass is 10.2. The molecule has 0 saturated carbocycles. The predicted molar refractivity (Wildman–Crippen MR) is 85.0 cm³/mol. The van der Waals surface area contributed by atoms with Crippen LogP contribution in [0.5, 0.6) is 0 Å². The second kappa shape index (κ2) is 4.98. The zero-order valence-corrected chi connectivity index (χ0v) is 12.4. The van der Waals surface area contributed by atoms with Crippen molar-refractivity contribution in [1.29, 1.82) is 0 Å². The van der Waals surface area contributed by atoms with E-state index in [1.54, 1.807) is 42.5 Å². The first-order valence-electron chi connectivity index (χ1n) is 6.11. The Kier molecular flexibility index (Phi) is 3.27. The Morgan fingerprint density at radius 1 is 1.14 bits per heavy atom. The molecule has 0 bridgehead atoms. The van der Waals surface area contributed by atoms with E-state index in [0.29, 0.717) is 27.3 Å².